The Morgan fingerprint density at radius 3 is 2.41 bits per heavy atom. The van der Waals surface area contributed by atoms with Crippen molar-refractivity contribution in [3.63, 3.8) is 0 Å². The number of anilines is 1. The lowest BCUT2D eigenvalue weighted by molar-refractivity contribution is 0.860. The Kier molecular flexibility index (Phi) is 4.18. The van der Waals surface area contributed by atoms with E-state index >= 15 is 0 Å². The minimum atomic E-state index is 1.00. The van der Waals surface area contributed by atoms with Gasteiger partial charge in [0.15, 0.2) is 5.13 Å². The van der Waals surface area contributed by atoms with E-state index in [4.69, 9.17) is 0 Å². The van der Waals surface area contributed by atoms with Crippen LogP contribution in [0.5, 0.6) is 0 Å². The normalized spacial score (nSPS) is 10.5. The highest BCUT2D eigenvalue weighted by atomic mass is 79.9. The van der Waals surface area contributed by atoms with E-state index in [1.54, 1.807) is 11.3 Å². The van der Waals surface area contributed by atoms with Gasteiger partial charge in [0.2, 0.25) is 0 Å². The van der Waals surface area contributed by atoms with Crippen LogP contribution in [0, 0.1) is 0 Å². The van der Waals surface area contributed by atoms with E-state index in [2.05, 4.69) is 57.2 Å². The zero-order valence-electron chi connectivity index (χ0n) is 9.98. The average Bonchev–Trinajstić information content (AvgIpc) is 2.81. The molecule has 0 aliphatic carbocycles. The molecule has 1 heterocycles. The van der Waals surface area contributed by atoms with Crippen molar-refractivity contribution in [2.75, 3.05) is 18.0 Å². The quantitative estimate of drug-likeness (QED) is 0.831. The molecule has 2 nitrogen and oxygen atoms in total. The summed E-state index contributed by atoms with van der Waals surface area (Å²) in [7, 11) is 0. The van der Waals surface area contributed by atoms with Crippen molar-refractivity contribution < 1.29 is 0 Å². The van der Waals surface area contributed by atoms with E-state index in [-0.39, 0.29) is 0 Å². The molecule has 2 aromatic rings. The molecule has 0 bridgehead atoms. The van der Waals surface area contributed by atoms with Crippen molar-refractivity contribution in [2.45, 2.75) is 13.8 Å². The molecule has 0 radical (unpaired) electrons. The second-order valence-electron chi connectivity index (χ2n) is 3.69. The summed E-state index contributed by atoms with van der Waals surface area (Å²) in [6.45, 7) is 6.32. The molecular formula is C13H15BrN2S. The first-order valence-corrected chi connectivity index (χ1v) is 7.38. The topological polar surface area (TPSA) is 16.1 Å². The predicted molar refractivity (Wildman–Crippen MR) is 78.8 cm³/mol. The van der Waals surface area contributed by atoms with Gasteiger partial charge in [-0.3, -0.25) is 0 Å². The van der Waals surface area contributed by atoms with Crippen LogP contribution in [0.4, 0.5) is 5.13 Å². The maximum atomic E-state index is 4.68. The van der Waals surface area contributed by atoms with E-state index in [1.165, 1.54) is 5.56 Å². The van der Waals surface area contributed by atoms with Gasteiger partial charge < -0.3 is 4.90 Å². The van der Waals surface area contributed by atoms with Gasteiger partial charge in [-0.1, -0.05) is 28.1 Å². The maximum Gasteiger partial charge on any atom is 0.185 e. The fourth-order valence-corrected chi connectivity index (χ4v) is 2.89. The SMILES string of the molecule is CCN(CC)c1nc(-c2ccc(Br)cc2)cs1. The number of rotatable bonds is 4. The predicted octanol–water partition coefficient (Wildman–Crippen LogP) is 4.42. The molecule has 0 atom stereocenters. The van der Waals surface area contributed by atoms with Gasteiger partial charge in [-0.2, -0.15) is 0 Å². The van der Waals surface area contributed by atoms with Gasteiger partial charge in [0.05, 0.1) is 5.69 Å². The van der Waals surface area contributed by atoms with Gasteiger partial charge in [-0.25, -0.2) is 4.98 Å². The molecule has 17 heavy (non-hydrogen) atoms. The van der Waals surface area contributed by atoms with Crippen molar-refractivity contribution in [3.8, 4) is 11.3 Å². The third kappa shape index (κ3) is 2.87. The molecule has 0 fully saturated rings. The average molecular weight is 311 g/mol. The summed E-state index contributed by atoms with van der Waals surface area (Å²) in [5.41, 5.74) is 2.23. The number of hydrogen-bond acceptors (Lipinski definition) is 3. The first-order valence-electron chi connectivity index (χ1n) is 5.71. The highest BCUT2D eigenvalue weighted by Gasteiger charge is 2.08. The van der Waals surface area contributed by atoms with Crippen LogP contribution >= 0.6 is 27.3 Å². The number of aromatic nitrogens is 1. The highest BCUT2D eigenvalue weighted by molar-refractivity contribution is 9.10. The van der Waals surface area contributed by atoms with E-state index in [0.717, 1.165) is 28.4 Å². The van der Waals surface area contributed by atoms with Crippen LogP contribution in [0.2, 0.25) is 0 Å². The third-order valence-corrected chi connectivity index (χ3v) is 4.10. The molecular weight excluding hydrogens is 296 g/mol. The summed E-state index contributed by atoms with van der Waals surface area (Å²) in [6, 6.07) is 8.27. The molecule has 0 aliphatic rings. The van der Waals surface area contributed by atoms with Crippen LogP contribution in [0.3, 0.4) is 0 Å². The second-order valence-corrected chi connectivity index (χ2v) is 5.45. The van der Waals surface area contributed by atoms with Gasteiger partial charge in [-0.05, 0) is 26.0 Å². The molecule has 4 heteroatoms. The van der Waals surface area contributed by atoms with Crippen LogP contribution in [0.1, 0.15) is 13.8 Å². The van der Waals surface area contributed by atoms with Crippen molar-refractivity contribution in [1.29, 1.82) is 0 Å². The van der Waals surface area contributed by atoms with Gasteiger partial charge in [0.25, 0.3) is 0 Å². The number of nitrogens with zero attached hydrogens (tertiary/aromatic N) is 2. The molecule has 0 saturated heterocycles. The number of thiazole rings is 1. The summed E-state index contributed by atoms with van der Waals surface area (Å²) in [6.07, 6.45) is 0. The molecule has 0 unspecified atom stereocenters. The molecule has 90 valence electrons. The van der Waals surface area contributed by atoms with Crippen molar-refractivity contribution in [1.82, 2.24) is 4.98 Å². The number of hydrogen-bond donors (Lipinski definition) is 0. The van der Waals surface area contributed by atoms with Crippen LogP contribution < -0.4 is 4.90 Å². The van der Waals surface area contributed by atoms with E-state index in [0.29, 0.717) is 0 Å². The summed E-state index contributed by atoms with van der Waals surface area (Å²) in [5.74, 6) is 0. The van der Waals surface area contributed by atoms with Gasteiger partial charge >= 0.3 is 0 Å². The first-order chi connectivity index (χ1) is 8.24. The Hall–Kier alpha value is -0.870. The Morgan fingerprint density at radius 1 is 1.18 bits per heavy atom. The lowest BCUT2D eigenvalue weighted by Gasteiger charge is -2.16. The van der Waals surface area contributed by atoms with Crippen molar-refractivity contribution >= 4 is 32.4 Å². The number of benzene rings is 1. The van der Waals surface area contributed by atoms with E-state index in [1.807, 2.05) is 12.1 Å². The third-order valence-electron chi connectivity index (χ3n) is 2.67. The molecule has 0 saturated carbocycles. The summed E-state index contributed by atoms with van der Waals surface area (Å²) >= 11 is 5.15. The zero-order valence-corrected chi connectivity index (χ0v) is 12.4. The van der Waals surface area contributed by atoms with Crippen LogP contribution in [-0.2, 0) is 0 Å². The fraction of sp³-hybridized carbons (Fsp3) is 0.308. The maximum absolute atomic E-state index is 4.68. The second kappa shape index (κ2) is 5.65. The number of halogens is 1. The van der Waals surface area contributed by atoms with Gasteiger partial charge in [-0.15, -0.1) is 11.3 Å². The summed E-state index contributed by atoms with van der Waals surface area (Å²) < 4.78 is 1.10. The van der Waals surface area contributed by atoms with Crippen molar-refractivity contribution in [2.24, 2.45) is 0 Å². The minimum Gasteiger partial charge on any atom is -0.349 e. The molecule has 2 rings (SSSR count). The van der Waals surface area contributed by atoms with Crippen LogP contribution in [-0.4, -0.2) is 18.1 Å². The van der Waals surface area contributed by atoms with Gasteiger partial charge in [0, 0.05) is 28.5 Å². The molecule has 0 N–H and O–H groups in total. The Bertz CT molecular complexity index is 474. The largest absolute Gasteiger partial charge is 0.349 e. The molecule has 0 amide bonds. The molecule has 1 aromatic heterocycles. The lowest BCUT2D eigenvalue weighted by Crippen LogP contribution is -2.21. The molecule has 1 aromatic carbocycles. The first kappa shape index (κ1) is 12.6. The fourth-order valence-electron chi connectivity index (χ4n) is 1.66. The molecule has 0 spiro atoms. The summed E-state index contributed by atoms with van der Waals surface area (Å²) in [4.78, 5) is 6.95. The van der Waals surface area contributed by atoms with Gasteiger partial charge in [0.1, 0.15) is 0 Å². The van der Waals surface area contributed by atoms with Crippen LogP contribution in [0.15, 0.2) is 34.1 Å². The Morgan fingerprint density at radius 2 is 1.82 bits per heavy atom. The molecule has 0 aliphatic heterocycles. The standard InChI is InChI=1S/C13H15BrN2S/c1-3-16(4-2)13-15-12(9-17-13)10-5-7-11(14)8-6-10/h5-9H,3-4H2,1-2H3. The summed E-state index contributed by atoms with van der Waals surface area (Å²) in [5, 5.41) is 3.23. The Balaban J connectivity index is 2.26. The van der Waals surface area contributed by atoms with Crippen molar-refractivity contribution in [3.05, 3.63) is 34.1 Å². The van der Waals surface area contributed by atoms with E-state index in [9.17, 15) is 0 Å². The monoisotopic (exact) mass is 310 g/mol. The smallest absolute Gasteiger partial charge is 0.185 e. The highest BCUT2D eigenvalue weighted by Crippen LogP contribution is 2.28. The minimum absolute atomic E-state index is 1.00. The van der Waals surface area contributed by atoms with E-state index < -0.39 is 0 Å². The zero-order chi connectivity index (χ0) is 12.3. The Labute approximate surface area is 114 Å². The van der Waals surface area contributed by atoms with Crippen LogP contribution in [0.25, 0.3) is 11.3 Å². The lowest BCUT2D eigenvalue weighted by atomic mass is 10.2.